The van der Waals surface area contributed by atoms with Gasteiger partial charge in [0.1, 0.15) is 5.75 Å². The second-order valence-corrected chi connectivity index (χ2v) is 5.04. The summed E-state index contributed by atoms with van der Waals surface area (Å²) in [4.78, 5) is 0. The number of methoxy groups -OCH3 is 1. The molecular weight excluding hydrogens is 266 g/mol. The number of hydrogen-bond donors (Lipinski definition) is 1. The Kier molecular flexibility index (Phi) is 6.55. The lowest BCUT2D eigenvalue weighted by molar-refractivity contribution is -0.0447. The van der Waals surface area contributed by atoms with Crippen LogP contribution in [-0.2, 0) is 16.1 Å². The third kappa shape index (κ3) is 5.05. The molecule has 1 atom stereocenters. The van der Waals surface area contributed by atoms with Crippen molar-refractivity contribution in [3.05, 3.63) is 29.3 Å². The molecule has 2 N–H and O–H groups in total. The van der Waals surface area contributed by atoms with E-state index in [0.29, 0.717) is 19.8 Å². The molecule has 1 heterocycles. The molecule has 2 rings (SSSR count). The summed E-state index contributed by atoms with van der Waals surface area (Å²) < 4.78 is 16.7. The highest BCUT2D eigenvalue weighted by Gasteiger charge is 2.13. The van der Waals surface area contributed by atoms with E-state index in [1.807, 2.05) is 18.2 Å². The number of ether oxygens (including phenoxy) is 3. The van der Waals surface area contributed by atoms with Crippen LogP contribution >= 0.6 is 0 Å². The topological polar surface area (TPSA) is 53.7 Å². The maximum absolute atomic E-state index is 5.75. The fourth-order valence-electron chi connectivity index (χ4n) is 2.34. The third-order valence-corrected chi connectivity index (χ3v) is 3.44. The van der Waals surface area contributed by atoms with Crippen molar-refractivity contribution in [2.24, 2.45) is 5.73 Å². The van der Waals surface area contributed by atoms with Crippen LogP contribution in [-0.4, -0.2) is 33.0 Å². The standard InChI is InChI=1S/C17H23NO3/c1-19-17-8-7-14(11-15(17)5-4-9-18)12-20-13-16-6-2-3-10-21-16/h7-8,11,16H,2-3,6,9-10,12-13,18H2,1H3. The van der Waals surface area contributed by atoms with Crippen LogP contribution in [0, 0.1) is 11.8 Å². The smallest absolute Gasteiger partial charge is 0.134 e. The molecular formula is C17H23NO3. The summed E-state index contributed by atoms with van der Waals surface area (Å²) in [5.74, 6) is 6.63. The molecule has 1 aliphatic heterocycles. The molecule has 21 heavy (non-hydrogen) atoms. The molecule has 1 fully saturated rings. The fourth-order valence-corrected chi connectivity index (χ4v) is 2.34. The van der Waals surface area contributed by atoms with Gasteiger partial charge in [0, 0.05) is 6.61 Å². The average molecular weight is 289 g/mol. The zero-order valence-corrected chi connectivity index (χ0v) is 12.6. The van der Waals surface area contributed by atoms with Gasteiger partial charge in [0.2, 0.25) is 0 Å². The lowest BCUT2D eigenvalue weighted by Gasteiger charge is -2.22. The first kappa shape index (κ1) is 15.8. The van der Waals surface area contributed by atoms with Gasteiger partial charge in [0.05, 0.1) is 38.5 Å². The van der Waals surface area contributed by atoms with Crippen molar-refractivity contribution in [3.8, 4) is 17.6 Å². The second-order valence-electron chi connectivity index (χ2n) is 5.04. The van der Waals surface area contributed by atoms with E-state index in [2.05, 4.69) is 11.8 Å². The minimum absolute atomic E-state index is 0.244. The van der Waals surface area contributed by atoms with Crippen LogP contribution in [0.15, 0.2) is 18.2 Å². The number of nitrogens with two attached hydrogens (primary N) is 1. The summed E-state index contributed by atoms with van der Waals surface area (Å²) in [6.07, 6.45) is 3.73. The number of benzene rings is 1. The molecule has 1 unspecified atom stereocenters. The van der Waals surface area contributed by atoms with Crippen LogP contribution in [0.4, 0.5) is 0 Å². The van der Waals surface area contributed by atoms with Gasteiger partial charge in [0.25, 0.3) is 0 Å². The van der Waals surface area contributed by atoms with Crippen LogP contribution in [0.2, 0.25) is 0 Å². The Morgan fingerprint density at radius 2 is 2.29 bits per heavy atom. The van der Waals surface area contributed by atoms with E-state index < -0.39 is 0 Å². The summed E-state index contributed by atoms with van der Waals surface area (Å²) in [5.41, 5.74) is 7.34. The van der Waals surface area contributed by atoms with E-state index >= 15 is 0 Å². The van der Waals surface area contributed by atoms with Crippen molar-refractivity contribution in [3.63, 3.8) is 0 Å². The Morgan fingerprint density at radius 1 is 1.38 bits per heavy atom. The summed E-state index contributed by atoms with van der Waals surface area (Å²) >= 11 is 0. The normalized spacial score (nSPS) is 17.9. The summed E-state index contributed by atoms with van der Waals surface area (Å²) in [7, 11) is 1.64. The molecule has 0 amide bonds. The van der Waals surface area contributed by atoms with Crippen LogP contribution in [0.25, 0.3) is 0 Å². The zero-order valence-electron chi connectivity index (χ0n) is 12.6. The molecule has 1 saturated heterocycles. The van der Waals surface area contributed by atoms with Crippen molar-refractivity contribution in [1.82, 2.24) is 0 Å². The van der Waals surface area contributed by atoms with Gasteiger partial charge in [-0.2, -0.15) is 0 Å². The largest absolute Gasteiger partial charge is 0.495 e. The Morgan fingerprint density at radius 3 is 3.00 bits per heavy atom. The van der Waals surface area contributed by atoms with Gasteiger partial charge in [0.15, 0.2) is 0 Å². The minimum atomic E-state index is 0.244. The maximum Gasteiger partial charge on any atom is 0.134 e. The molecule has 114 valence electrons. The molecule has 0 spiro atoms. The SMILES string of the molecule is COc1ccc(COCC2CCCCO2)cc1C#CCN. The Hall–Kier alpha value is -1.54. The van der Waals surface area contributed by atoms with Gasteiger partial charge >= 0.3 is 0 Å². The van der Waals surface area contributed by atoms with Crippen molar-refractivity contribution in [2.75, 3.05) is 26.9 Å². The predicted octanol–water partition coefficient (Wildman–Crippen LogP) is 2.09. The van der Waals surface area contributed by atoms with E-state index in [0.717, 1.165) is 36.3 Å². The predicted molar refractivity (Wildman–Crippen MR) is 82.2 cm³/mol. The highest BCUT2D eigenvalue weighted by molar-refractivity contribution is 5.48. The Labute approximate surface area is 126 Å². The van der Waals surface area contributed by atoms with E-state index in [1.165, 1.54) is 6.42 Å². The van der Waals surface area contributed by atoms with Crippen LogP contribution in [0.1, 0.15) is 30.4 Å². The monoisotopic (exact) mass is 289 g/mol. The van der Waals surface area contributed by atoms with Crippen molar-refractivity contribution < 1.29 is 14.2 Å². The van der Waals surface area contributed by atoms with Gasteiger partial charge in [-0.1, -0.05) is 17.9 Å². The highest BCUT2D eigenvalue weighted by Crippen LogP contribution is 2.20. The van der Waals surface area contributed by atoms with Crippen LogP contribution < -0.4 is 10.5 Å². The van der Waals surface area contributed by atoms with Gasteiger partial charge in [-0.25, -0.2) is 0 Å². The molecule has 1 aliphatic rings. The highest BCUT2D eigenvalue weighted by atomic mass is 16.5. The zero-order chi connectivity index (χ0) is 14.9. The van der Waals surface area contributed by atoms with Crippen molar-refractivity contribution >= 4 is 0 Å². The molecule has 4 nitrogen and oxygen atoms in total. The summed E-state index contributed by atoms with van der Waals surface area (Å²) in [6, 6.07) is 5.90. The number of rotatable bonds is 5. The maximum atomic E-state index is 5.75. The molecule has 1 aromatic carbocycles. The van der Waals surface area contributed by atoms with Crippen LogP contribution in [0.5, 0.6) is 5.75 Å². The van der Waals surface area contributed by atoms with E-state index in [9.17, 15) is 0 Å². The van der Waals surface area contributed by atoms with Crippen LogP contribution in [0.3, 0.4) is 0 Å². The lowest BCUT2D eigenvalue weighted by Crippen LogP contribution is -2.24. The fraction of sp³-hybridized carbons (Fsp3) is 0.529. The lowest BCUT2D eigenvalue weighted by atomic mass is 10.1. The van der Waals surface area contributed by atoms with E-state index in [1.54, 1.807) is 7.11 Å². The minimum Gasteiger partial charge on any atom is -0.495 e. The van der Waals surface area contributed by atoms with E-state index in [-0.39, 0.29) is 6.10 Å². The van der Waals surface area contributed by atoms with E-state index in [4.69, 9.17) is 19.9 Å². The Balaban J connectivity index is 1.90. The van der Waals surface area contributed by atoms with Gasteiger partial charge < -0.3 is 19.9 Å². The molecule has 0 aromatic heterocycles. The molecule has 0 radical (unpaired) electrons. The second kappa shape index (κ2) is 8.68. The quantitative estimate of drug-likeness (QED) is 0.843. The molecule has 4 heteroatoms. The summed E-state index contributed by atoms with van der Waals surface area (Å²) in [5, 5.41) is 0. The molecule has 1 aromatic rings. The number of hydrogen-bond acceptors (Lipinski definition) is 4. The first-order valence-electron chi connectivity index (χ1n) is 7.38. The molecule has 0 aliphatic carbocycles. The van der Waals surface area contributed by atoms with Crippen molar-refractivity contribution in [2.45, 2.75) is 32.0 Å². The van der Waals surface area contributed by atoms with Gasteiger partial charge in [-0.3, -0.25) is 0 Å². The first-order chi connectivity index (χ1) is 10.3. The Bertz CT molecular complexity index is 498. The van der Waals surface area contributed by atoms with Gasteiger partial charge in [-0.15, -0.1) is 0 Å². The molecule has 0 saturated carbocycles. The first-order valence-corrected chi connectivity index (χ1v) is 7.38. The molecule has 0 bridgehead atoms. The summed E-state index contributed by atoms with van der Waals surface area (Å²) in [6.45, 7) is 2.40. The van der Waals surface area contributed by atoms with Crippen molar-refractivity contribution in [1.29, 1.82) is 0 Å². The average Bonchev–Trinajstić information content (AvgIpc) is 2.54. The third-order valence-electron chi connectivity index (χ3n) is 3.44. The van der Waals surface area contributed by atoms with Gasteiger partial charge in [-0.05, 0) is 37.0 Å².